The monoisotopic (exact) mass is 254 g/mol. The maximum atomic E-state index is 11.7. The maximum Gasteiger partial charge on any atom is 0.244 e. The van der Waals surface area contributed by atoms with E-state index >= 15 is 0 Å². The number of para-hydroxylation sites is 2. The van der Waals surface area contributed by atoms with Gasteiger partial charge in [0.25, 0.3) is 0 Å². The summed E-state index contributed by atoms with van der Waals surface area (Å²) in [5.74, 6) is 0.273. The number of amides is 1. The third kappa shape index (κ3) is 2.03. The first-order valence-electron chi connectivity index (χ1n) is 5.71. The Morgan fingerprint density at radius 3 is 2.68 bits per heavy atom. The molecule has 0 unspecified atom stereocenters. The van der Waals surface area contributed by atoms with Crippen molar-refractivity contribution in [3.8, 4) is 0 Å². The van der Waals surface area contributed by atoms with E-state index in [0.29, 0.717) is 17.8 Å². The fraction of sp³-hybridized carbons (Fsp3) is 0.0769. The molecule has 6 heteroatoms. The fourth-order valence-electron chi connectivity index (χ4n) is 1.94. The van der Waals surface area contributed by atoms with Crippen LogP contribution in [0.3, 0.4) is 0 Å². The summed E-state index contributed by atoms with van der Waals surface area (Å²) < 4.78 is 0. The van der Waals surface area contributed by atoms with Crippen LogP contribution in [0.15, 0.2) is 36.7 Å². The molecule has 1 aromatic carbocycles. The van der Waals surface area contributed by atoms with Crippen LogP contribution in [0.2, 0.25) is 0 Å². The highest BCUT2D eigenvalue weighted by molar-refractivity contribution is 6.02. The maximum absolute atomic E-state index is 11.7. The van der Waals surface area contributed by atoms with Crippen molar-refractivity contribution in [2.75, 3.05) is 16.8 Å². The average molecular weight is 254 g/mol. The Balaban J connectivity index is 2.04. The highest BCUT2D eigenvalue weighted by Gasteiger charge is 2.24. The first-order valence-corrected chi connectivity index (χ1v) is 5.71. The Morgan fingerprint density at radius 1 is 1.21 bits per heavy atom. The number of aromatic nitrogens is 2. The molecule has 1 N–H and O–H groups in total. The van der Waals surface area contributed by atoms with Gasteiger partial charge >= 0.3 is 0 Å². The second kappa shape index (κ2) is 4.49. The molecule has 0 radical (unpaired) electrons. The zero-order valence-corrected chi connectivity index (χ0v) is 9.91. The number of carbonyl (C=O) groups excluding carboxylic acids is 2. The van der Waals surface area contributed by atoms with Crippen molar-refractivity contribution in [2.45, 2.75) is 0 Å². The number of hydrogen-bond donors (Lipinski definition) is 1. The lowest BCUT2D eigenvalue weighted by atomic mass is 10.2. The SMILES string of the molecule is O=Cc1cnc(N2CC(=O)Nc3ccccc32)nc1. The molecule has 1 aromatic heterocycles. The molecule has 0 bridgehead atoms. The number of anilines is 3. The molecular formula is C13H10N4O2. The van der Waals surface area contributed by atoms with Crippen LogP contribution in [-0.2, 0) is 4.79 Å². The van der Waals surface area contributed by atoms with Gasteiger partial charge in [0.15, 0.2) is 6.29 Å². The highest BCUT2D eigenvalue weighted by Crippen LogP contribution is 2.32. The third-order valence-electron chi connectivity index (χ3n) is 2.81. The Hall–Kier alpha value is -2.76. The van der Waals surface area contributed by atoms with E-state index in [1.807, 2.05) is 24.3 Å². The van der Waals surface area contributed by atoms with Crippen molar-refractivity contribution in [1.29, 1.82) is 0 Å². The number of nitrogens with zero attached hydrogens (tertiary/aromatic N) is 3. The van der Waals surface area contributed by atoms with Crippen LogP contribution in [0.1, 0.15) is 10.4 Å². The van der Waals surface area contributed by atoms with Crippen LogP contribution in [0.25, 0.3) is 0 Å². The molecule has 3 rings (SSSR count). The van der Waals surface area contributed by atoms with E-state index in [-0.39, 0.29) is 12.5 Å². The van der Waals surface area contributed by atoms with E-state index in [9.17, 15) is 9.59 Å². The fourth-order valence-corrected chi connectivity index (χ4v) is 1.94. The van der Waals surface area contributed by atoms with Crippen LogP contribution in [0.5, 0.6) is 0 Å². The average Bonchev–Trinajstić information content (AvgIpc) is 2.46. The quantitative estimate of drug-likeness (QED) is 0.819. The standard InChI is InChI=1S/C13H10N4O2/c18-8-9-5-14-13(15-6-9)17-7-12(19)16-10-3-1-2-4-11(10)17/h1-6,8H,7H2,(H,16,19). The minimum absolute atomic E-state index is 0.123. The second-order valence-electron chi connectivity index (χ2n) is 4.09. The van der Waals surface area contributed by atoms with Gasteiger partial charge in [-0.3, -0.25) is 14.5 Å². The van der Waals surface area contributed by atoms with Crippen molar-refractivity contribution in [3.05, 3.63) is 42.2 Å². The van der Waals surface area contributed by atoms with E-state index in [2.05, 4.69) is 15.3 Å². The summed E-state index contributed by atoms with van der Waals surface area (Å²) in [5, 5.41) is 2.79. The van der Waals surface area contributed by atoms with E-state index in [4.69, 9.17) is 0 Å². The number of carbonyl (C=O) groups is 2. The van der Waals surface area contributed by atoms with Crippen LogP contribution >= 0.6 is 0 Å². The minimum atomic E-state index is -0.123. The molecule has 1 aliphatic rings. The summed E-state index contributed by atoms with van der Waals surface area (Å²) in [5.41, 5.74) is 1.96. The molecule has 19 heavy (non-hydrogen) atoms. The molecule has 0 atom stereocenters. The molecule has 2 heterocycles. The van der Waals surface area contributed by atoms with E-state index in [0.717, 1.165) is 11.4 Å². The van der Waals surface area contributed by atoms with Gasteiger partial charge in [0.1, 0.15) is 6.54 Å². The molecule has 2 aromatic rings. The molecule has 94 valence electrons. The van der Waals surface area contributed by atoms with Gasteiger partial charge in [-0.25, -0.2) is 9.97 Å². The lowest BCUT2D eigenvalue weighted by Crippen LogP contribution is -2.35. The van der Waals surface area contributed by atoms with E-state index in [1.54, 1.807) is 4.90 Å². The Labute approximate surface area is 109 Å². The lowest BCUT2D eigenvalue weighted by Gasteiger charge is -2.28. The third-order valence-corrected chi connectivity index (χ3v) is 2.81. The Bertz CT molecular complexity index is 639. The molecule has 0 saturated heterocycles. The number of fused-ring (bicyclic) bond motifs is 1. The topological polar surface area (TPSA) is 75.2 Å². The summed E-state index contributed by atoms with van der Waals surface area (Å²) in [4.78, 5) is 32.2. The first-order chi connectivity index (χ1) is 9.28. The van der Waals surface area contributed by atoms with Crippen molar-refractivity contribution < 1.29 is 9.59 Å². The van der Waals surface area contributed by atoms with Crippen molar-refractivity contribution in [3.63, 3.8) is 0 Å². The van der Waals surface area contributed by atoms with Gasteiger partial charge in [-0.2, -0.15) is 0 Å². The number of hydrogen-bond acceptors (Lipinski definition) is 5. The van der Waals surface area contributed by atoms with Gasteiger partial charge in [-0.05, 0) is 12.1 Å². The van der Waals surface area contributed by atoms with Gasteiger partial charge in [0, 0.05) is 12.4 Å². The molecule has 0 fully saturated rings. The zero-order chi connectivity index (χ0) is 13.2. The molecule has 6 nitrogen and oxygen atoms in total. The normalized spacial score (nSPS) is 13.7. The number of aldehydes is 1. The summed E-state index contributed by atoms with van der Waals surface area (Å²) in [6.45, 7) is 0.150. The summed E-state index contributed by atoms with van der Waals surface area (Å²) >= 11 is 0. The van der Waals surface area contributed by atoms with Crippen LogP contribution in [-0.4, -0.2) is 28.7 Å². The number of benzene rings is 1. The van der Waals surface area contributed by atoms with Crippen LogP contribution in [0, 0.1) is 0 Å². The summed E-state index contributed by atoms with van der Waals surface area (Å²) in [6.07, 6.45) is 3.55. The van der Waals surface area contributed by atoms with Crippen LogP contribution < -0.4 is 10.2 Å². The number of nitrogens with one attached hydrogen (secondary N) is 1. The molecule has 1 aliphatic heterocycles. The molecule has 1 amide bonds. The smallest absolute Gasteiger partial charge is 0.244 e. The summed E-state index contributed by atoms with van der Waals surface area (Å²) in [6, 6.07) is 7.42. The van der Waals surface area contributed by atoms with Crippen molar-refractivity contribution in [2.24, 2.45) is 0 Å². The van der Waals surface area contributed by atoms with Crippen molar-refractivity contribution in [1.82, 2.24) is 9.97 Å². The molecule has 0 saturated carbocycles. The van der Waals surface area contributed by atoms with E-state index in [1.165, 1.54) is 12.4 Å². The minimum Gasteiger partial charge on any atom is -0.323 e. The van der Waals surface area contributed by atoms with Gasteiger partial charge < -0.3 is 5.32 Å². The largest absolute Gasteiger partial charge is 0.323 e. The van der Waals surface area contributed by atoms with Crippen molar-refractivity contribution >= 4 is 29.5 Å². The molecule has 0 aliphatic carbocycles. The second-order valence-corrected chi connectivity index (χ2v) is 4.09. The van der Waals surface area contributed by atoms with Gasteiger partial charge in [-0.1, -0.05) is 12.1 Å². The highest BCUT2D eigenvalue weighted by atomic mass is 16.2. The molecule has 0 spiro atoms. The Morgan fingerprint density at radius 2 is 1.95 bits per heavy atom. The zero-order valence-electron chi connectivity index (χ0n) is 9.91. The van der Waals surface area contributed by atoms with Gasteiger partial charge in [0.2, 0.25) is 11.9 Å². The number of rotatable bonds is 2. The van der Waals surface area contributed by atoms with E-state index < -0.39 is 0 Å². The lowest BCUT2D eigenvalue weighted by molar-refractivity contribution is -0.115. The summed E-state index contributed by atoms with van der Waals surface area (Å²) in [7, 11) is 0. The predicted molar refractivity (Wildman–Crippen MR) is 69.5 cm³/mol. The predicted octanol–water partition coefficient (Wildman–Crippen LogP) is 1.38. The Kier molecular flexibility index (Phi) is 2.68. The van der Waals surface area contributed by atoms with Gasteiger partial charge in [-0.15, -0.1) is 0 Å². The molecular weight excluding hydrogens is 244 g/mol. The van der Waals surface area contributed by atoms with Crippen LogP contribution in [0.4, 0.5) is 17.3 Å². The first kappa shape index (κ1) is 11.3. The van der Waals surface area contributed by atoms with Gasteiger partial charge in [0.05, 0.1) is 16.9 Å².